The number of thiophene rings is 1. The normalized spacial score (nSPS) is 14.9. The van der Waals surface area contributed by atoms with Gasteiger partial charge in [0.2, 0.25) is 10.0 Å². The molecule has 1 aliphatic rings. The van der Waals surface area contributed by atoms with Crippen molar-refractivity contribution in [3.05, 3.63) is 40.6 Å². The molecule has 146 valence electrons. The van der Waals surface area contributed by atoms with Crippen LogP contribution in [-0.4, -0.2) is 52.1 Å². The van der Waals surface area contributed by atoms with E-state index in [2.05, 4.69) is 0 Å². The molecule has 1 aromatic carbocycles. The Morgan fingerprint density at radius 1 is 1.07 bits per heavy atom. The number of methoxy groups -OCH3 is 1. The minimum absolute atomic E-state index is 0.0198. The van der Waals surface area contributed by atoms with Gasteiger partial charge < -0.3 is 14.2 Å². The zero-order valence-corrected chi connectivity index (χ0v) is 16.6. The van der Waals surface area contributed by atoms with Crippen molar-refractivity contribution in [2.45, 2.75) is 17.7 Å². The smallest absolute Gasteiger partial charge is 0.349 e. The van der Waals surface area contributed by atoms with Crippen LogP contribution >= 0.6 is 11.3 Å². The highest BCUT2D eigenvalue weighted by molar-refractivity contribution is 7.89. The van der Waals surface area contributed by atoms with Gasteiger partial charge in [0.1, 0.15) is 34.5 Å². The second-order valence-corrected chi connectivity index (χ2v) is 8.71. The van der Waals surface area contributed by atoms with E-state index in [9.17, 15) is 13.2 Å². The Kier molecular flexibility index (Phi) is 6.35. The maximum Gasteiger partial charge on any atom is 0.349 e. The Morgan fingerprint density at radius 3 is 2.41 bits per heavy atom. The van der Waals surface area contributed by atoms with Crippen LogP contribution in [-0.2, 0) is 14.8 Å². The molecule has 2 aromatic rings. The summed E-state index contributed by atoms with van der Waals surface area (Å²) in [5.74, 6) is 0.694. The molecule has 0 atom stereocenters. The molecule has 27 heavy (non-hydrogen) atoms. The van der Waals surface area contributed by atoms with Crippen molar-refractivity contribution in [1.29, 1.82) is 0 Å². The van der Waals surface area contributed by atoms with E-state index in [1.807, 2.05) is 0 Å². The van der Waals surface area contributed by atoms with Gasteiger partial charge in [-0.1, -0.05) is 0 Å². The SMILES string of the molecule is COc1ccc(OCCOC(=O)c2sccc2S(=O)(=O)N2CCCC2)cc1. The fourth-order valence-corrected chi connectivity index (χ4v) is 5.55. The maximum absolute atomic E-state index is 12.7. The van der Waals surface area contributed by atoms with Gasteiger partial charge in [-0.15, -0.1) is 11.3 Å². The Balaban J connectivity index is 1.55. The molecular formula is C18H21NO6S2. The molecule has 3 rings (SSSR count). The third-order valence-electron chi connectivity index (χ3n) is 4.14. The Morgan fingerprint density at radius 2 is 1.74 bits per heavy atom. The minimum atomic E-state index is -3.65. The highest BCUT2D eigenvalue weighted by Gasteiger charge is 2.32. The van der Waals surface area contributed by atoms with Crippen LogP contribution in [0.15, 0.2) is 40.6 Å². The first kappa shape index (κ1) is 19.7. The Hall–Kier alpha value is -2.10. The van der Waals surface area contributed by atoms with Crippen LogP contribution in [0.5, 0.6) is 11.5 Å². The quantitative estimate of drug-likeness (QED) is 0.491. The van der Waals surface area contributed by atoms with Gasteiger partial charge in [0.25, 0.3) is 0 Å². The van der Waals surface area contributed by atoms with E-state index in [1.54, 1.807) is 36.8 Å². The second kappa shape index (κ2) is 8.73. The third kappa shape index (κ3) is 4.60. The molecule has 1 aliphatic heterocycles. The molecular weight excluding hydrogens is 390 g/mol. The predicted octanol–water partition coefficient (Wildman–Crippen LogP) is 2.78. The number of nitrogens with zero attached hydrogens (tertiary/aromatic N) is 1. The van der Waals surface area contributed by atoms with E-state index in [4.69, 9.17) is 14.2 Å². The van der Waals surface area contributed by atoms with Gasteiger partial charge in [-0.25, -0.2) is 13.2 Å². The first-order chi connectivity index (χ1) is 13.0. The first-order valence-corrected chi connectivity index (χ1v) is 10.9. The van der Waals surface area contributed by atoms with Crippen LogP contribution < -0.4 is 9.47 Å². The van der Waals surface area contributed by atoms with Gasteiger partial charge in [-0.3, -0.25) is 0 Å². The fourth-order valence-electron chi connectivity index (χ4n) is 2.75. The topological polar surface area (TPSA) is 82.1 Å². The van der Waals surface area contributed by atoms with Crippen molar-refractivity contribution in [2.24, 2.45) is 0 Å². The van der Waals surface area contributed by atoms with E-state index in [0.717, 1.165) is 29.9 Å². The Bertz CT molecular complexity index is 870. The van der Waals surface area contributed by atoms with Gasteiger partial charge in [-0.2, -0.15) is 4.31 Å². The number of carbonyl (C=O) groups is 1. The van der Waals surface area contributed by atoms with Gasteiger partial charge in [0, 0.05) is 13.1 Å². The average Bonchev–Trinajstić information content (AvgIpc) is 3.38. The molecule has 1 aromatic heterocycles. The molecule has 0 bridgehead atoms. The molecule has 7 nitrogen and oxygen atoms in total. The van der Waals surface area contributed by atoms with Crippen LogP contribution in [0.4, 0.5) is 0 Å². The van der Waals surface area contributed by atoms with Gasteiger partial charge >= 0.3 is 5.97 Å². The molecule has 9 heteroatoms. The van der Waals surface area contributed by atoms with Crippen LogP contribution in [0.3, 0.4) is 0 Å². The van der Waals surface area contributed by atoms with Crippen LogP contribution in [0, 0.1) is 0 Å². The zero-order valence-electron chi connectivity index (χ0n) is 14.9. The van der Waals surface area contributed by atoms with Gasteiger partial charge in [0.05, 0.1) is 7.11 Å². The van der Waals surface area contributed by atoms with Crippen molar-refractivity contribution in [3.8, 4) is 11.5 Å². The summed E-state index contributed by atoms with van der Waals surface area (Å²) in [4.78, 5) is 12.4. The summed E-state index contributed by atoms with van der Waals surface area (Å²) in [5, 5.41) is 1.59. The third-order valence-corrected chi connectivity index (χ3v) is 7.11. The summed E-state index contributed by atoms with van der Waals surface area (Å²) >= 11 is 1.07. The molecule has 0 unspecified atom stereocenters. The second-order valence-electron chi connectivity index (χ2n) is 5.89. The fraction of sp³-hybridized carbons (Fsp3) is 0.389. The van der Waals surface area contributed by atoms with E-state index >= 15 is 0 Å². The van der Waals surface area contributed by atoms with Crippen LogP contribution in [0.2, 0.25) is 0 Å². The first-order valence-electron chi connectivity index (χ1n) is 8.54. The van der Waals surface area contributed by atoms with Crippen molar-refractivity contribution >= 4 is 27.3 Å². The number of sulfonamides is 1. The molecule has 0 aliphatic carbocycles. The molecule has 0 radical (unpaired) electrons. The molecule has 0 amide bonds. The largest absolute Gasteiger partial charge is 0.497 e. The number of ether oxygens (including phenoxy) is 3. The number of hydrogen-bond acceptors (Lipinski definition) is 7. The summed E-state index contributed by atoms with van der Waals surface area (Å²) in [7, 11) is -2.07. The Labute approximate surface area is 162 Å². The van der Waals surface area contributed by atoms with Crippen LogP contribution in [0.25, 0.3) is 0 Å². The summed E-state index contributed by atoms with van der Waals surface area (Å²) in [6, 6.07) is 8.50. The molecule has 0 saturated carbocycles. The van der Waals surface area contributed by atoms with E-state index in [-0.39, 0.29) is 23.0 Å². The van der Waals surface area contributed by atoms with Crippen molar-refractivity contribution < 1.29 is 27.4 Å². The number of esters is 1. The molecule has 2 heterocycles. The zero-order chi connectivity index (χ0) is 19.3. The highest BCUT2D eigenvalue weighted by Crippen LogP contribution is 2.28. The van der Waals surface area contributed by atoms with Crippen molar-refractivity contribution in [3.63, 3.8) is 0 Å². The van der Waals surface area contributed by atoms with Gasteiger partial charge in [-0.05, 0) is 48.6 Å². The standard InChI is InChI=1S/C18H21NO6S2/c1-23-14-4-6-15(7-5-14)24-11-12-25-18(20)17-16(8-13-26-17)27(21,22)19-9-2-3-10-19/h4-8,13H,2-3,9-12H2,1H3. The lowest BCUT2D eigenvalue weighted by Gasteiger charge is -2.15. The lowest BCUT2D eigenvalue weighted by atomic mass is 10.3. The summed E-state index contributed by atoms with van der Waals surface area (Å²) in [6.45, 7) is 1.16. The summed E-state index contributed by atoms with van der Waals surface area (Å²) < 4.78 is 42.5. The average molecular weight is 412 g/mol. The molecule has 0 spiro atoms. The van der Waals surface area contributed by atoms with Crippen LogP contribution in [0.1, 0.15) is 22.5 Å². The number of carbonyl (C=O) groups excluding carboxylic acids is 1. The lowest BCUT2D eigenvalue weighted by molar-refractivity contribution is 0.0452. The van der Waals surface area contributed by atoms with E-state index in [1.165, 1.54) is 10.4 Å². The molecule has 1 saturated heterocycles. The number of rotatable bonds is 8. The number of benzene rings is 1. The maximum atomic E-state index is 12.7. The summed E-state index contributed by atoms with van der Waals surface area (Å²) in [5.41, 5.74) is 0. The molecule has 0 N–H and O–H groups in total. The van der Waals surface area contributed by atoms with Crippen molar-refractivity contribution in [2.75, 3.05) is 33.4 Å². The summed E-state index contributed by atoms with van der Waals surface area (Å²) in [6.07, 6.45) is 1.68. The predicted molar refractivity (Wildman–Crippen MR) is 101 cm³/mol. The van der Waals surface area contributed by atoms with E-state index < -0.39 is 16.0 Å². The minimum Gasteiger partial charge on any atom is -0.497 e. The highest BCUT2D eigenvalue weighted by atomic mass is 32.2. The number of hydrogen-bond donors (Lipinski definition) is 0. The monoisotopic (exact) mass is 411 g/mol. The van der Waals surface area contributed by atoms with E-state index in [0.29, 0.717) is 18.8 Å². The van der Waals surface area contributed by atoms with Crippen molar-refractivity contribution in [1.82, 2.24) is 4.31 Å². The molecule has 1 fully saturated rings. The lowest BCUT2D eigenvalue weighted by Crippen LogP contribution is -2.28. The van der Waals surface area contributed by atoms with Gasteiger partial charge in [0.15, 0.2) is 0 Å².